The highest BCUT2D eigenvalue weighted by Crippen LogP contribution is 2.24. The first-order valence-electron chi connectivity index (χ1n) is 4.49. The van der Waals surface area contributed by atoms with Crippen molar-refractivity contribution in [2.24, 2.45) is 0 Å². The average Bonchev–Trinajstić information content (AvgIpc) is 2.17. The van der Waals surface area contributed by atoms with Crippen LogP contribution in [0.1, 0.15) is 11.3 Å². The summed E-state index contributed by atoms with van der Waals surface area (Å²) in [5, 5.41) is 0.708. The molecule has 2 aromatic rings. The van der Waals surface area contributed by atoms with Crippen LogP contribution >= 0.6 is 31.9 Å². The summed E-state index contributed by atoms with van der Waals surface area (Å²) in [7, 11) is 0. The Bertz CT molecular complexity index is 602. The molecule has 15 heavy (non-hydrogen) atoms. The summed E-state index contributed by atoms with van der Waals surface area (Å²) >= 11 is 6.75. The lowest BCUT2D eigenvalue weighted by Gasteiger charge is -2.06. The molecular formula is C11H9Br2NO. The second-order valence-electron chi connectivity index (χ2n) is 3.56. The summed E-state index contributed by atoms with van der Waals surface area (Å²) in [6, 6.07) is 3.88. The Morgan fingerprint density at radius 3 is 2.53 bits per heavy atom. The molecule has 0 amide bonds. The number of fused-ring (bicyclic) bond motifs is 1. The molecule has 0 aliphatic heterocycles. The molecule has 0 aliphatic carbocycles. The number of rotatable bonds is 0. The zero-order valence-electron chi connectivity index (χ0n) is 8.32. The molecule has 1 aromatic heterocycles. The van der Waals surface area contributed by atoms with Crippen LogP contribution in [0.3, 0.4) is 0 Å². The van der Waals surface area contributed by atoms with Crippen molar-refractivity contribution in [3.63, 3.8) is 0 Å². The average molecular weight is 331 g/mol. The summed E-state index contributed by atoms with van der Waals surface area (Å²) in [4.78, 5) is 15.2. The number of halogens is 2. The van der Waals surface area contributed by atoms with Crippen molar-refractivity contribution < 1.29 is 0 Å². The fraction of sp³-hybridized carbons (Fsp3) is 0.182. The van der Waals surface area contributed by atoms with E-state index in [0.29, 0.717) is 9.86 Å². The molecule has 78 valence electrons. The molecule has 0 saturated heterocycles. The smallest absolute Gasteiger partial charge is 0.203 e. The Kier molecular flexibility index (Phi) is 2.73. The third-order valence-corrected chi connectivity index (χ3v) is 3.90. The van der Waals surface area contributed by atoms with Crippen LogP contribution in [-0.2, 0) is 0 Å². The van der Waals surface area contributed by atoms with Crippen LogP contribution in [-0.4, -0.2) is 4.98 Å². The highest BCUT2D eigenvalue weighted by Gasteiger charge is 2.09. The summed E-state index contributed by atoms with van der Waals surface area (Å²) in [6.07, 6.45) is 0. The van der Waals surface area contributed by atoms with Crippen molar-refractivity contribution in [1.29, 1.82) is 0 Å². The van der Waals surface area contributed by atoms with Gasteiger partial charge >= 0.3 is 0 Å². The fourth-order valence-corrected chi connectivity index (χ4v) is 2.57. The molecule has 2 rings (SSSR count). The zero-order valence-corrected chi connectivity index (χ0v) is 11.5. The molecule has 0 fully saturated rings. The molecular weight excluding hydrogens is 322 g/mol. The first kappa shape index (κ1) is 10.9. The number of aryl methyl sites for hydroxylation is 2. The van der Waals surface area contributed by atoms with E-state index in [9.17, 15) is 4.79 Å². The van der Waals surface area contributed by atoms with Gasteiger partial charge < -0.3 is 4.98 Å². The Balaban J connectivity index is 3.06. The largest absolute Gasteiger partial charge is 0.357 e. The SMILES string of the molecule is Cc1cc(Br)c2[nH]c(C)c(Br)c(=O)c2c1. The van der Waals surface area contributed by atoms with Crippen LogP contribution in [0.25, 0.3) is 10.9 Å². The molecule has 1 N–H and O–H groups in total. The van der Waals surface area contributed by atoms with Crippen LogP contribution < -0.4 is 5.43 Å². The van der Waals surface area contributed by atoms with E-state index in [1.54, 1.807) is 0 Å². The highest BCUT2D eigenvalue weighted by atomic mass is 79.9. The molecule has 0 radical (unpaired) electrons. The number of nitrogens with one attached hydrogen (secondary N) is 1. The van der Waals surface area contributed by atoms with E-state index in [1.807, 2.05) is 26.0 Å². The highest BCUT2D eigenvalue weighted by molar-refractivity contribution is 9.11. The third-order valence-electron chi connectivity index (χ3n) is 2.32. The first-order chi connectivity index (χ1) is 7.00. The van der Waals surface area contributed by atoms with E-state index < -0.39 is 0 Å². The number of aromatic amines is 1. The number of benzene rings is 1. The molecule has 0 unspecified atom stereocenters. The molecule has 1 heterocycles. The van der Waals surface area contributed by atoms with Gasteiger partial charge in [0.2, 0.25) is 5.43 Å². The number of pyridine rings is 1. The molecule has 0 bridgehead atoms. The van der Waals surface area contributed by atoms with E-state index in [1.165, 1.54) is 0 Å². The molecule has 0 atom stereocenters. The number of hydrogen-bond donors (Lipinski definition) is 1. The quantitative estimate of drug-likeness (QED) is 0.785. The zero-order chi connectivity index (χ0) is 11.2. The van der Waals surface area contributed by atoms with Crippen molar-refractivity contribution in [1.82, 2.24) is 4.98 Å². The van der Waals surface area contributed by atoms with Crippen molar-refractivity contribution in [2.45, 2.75) is 13.8 Å². The molecule has 2 nitrogen and oxygen atoms in total. The maximum absolute atomic E-state index is 12.0. The van der Waals surface area contributed by atoms with Gasteiger partial charge in [-0.15, -0.1) is 0 Å². The summed E-state index contributed by atoms with van der Waals surface area (Å²) in [5.41, 5.74) is 2.80. The van der Waals surface area contributed by atoms with Crippen molar-refractivity contribution >= 4 is 42.8 Å². The van der Waals surface area contributed by atoms with Gasteiger partial charge in [-0.2, -0.15) is 0 Å². The van der Waals surface area contributed by atoms with Gasteiger partial charge in [-0.25, -0.2) is 0 Å². The number of aromatic nitrogens is 1. The van der Waals surface area contributed by atoms with Crippen LogP contribution in [0.5, 0.6) is 0 Å². The van der Waals surface area contributed by atoms with E-state index in [4.69, 9.17) is 0 Å². The molecule has 4 heteroatoms. The molecule has 1 aromatic carbocycles. The minimum atomic E-state index is 0.0330. The molecule has 0 spiro atoms. The minimum Gasteiger partial charge on any atom is -0.357 e. The van der Waals surface area contributed by atoms with Crippen molar-refractivity contribution in [3.8, 4) is 0 Å². The van der Waals surface area contributed by atoms with Gasteiger partial charge in [0.1, 0.15) is 0 Å². The number of hydrogen-bond acceptors (Lipinski definition) is 1. The van der Waals surface area contributed by atoms with Gasteiger partial charge in [0, 0.05) is 15.6 Å². The summed E-state index contributed by atoms with van der Waals surface area (Å²) < 4.78 is 1.53. The topological polar surface area (TPSA) is 32.9 Å². The number of H-pyrrole nitrogens is 1. The normalized spacial score (nSPS) is 10.9. The standard InChI is InChI=1S/C11H9Br2NO/c1-5-3-7-10(8(12)4-5)14-6(2)9(13)11(7)15/h3-4H,1-2H3,(H,14,15). The van der Waals surface area contributed by atoms with Gasteiger partial charge in [-0.3, -0.25) is 4.79 Å². The lowest BCUT2D eigenvalue weighted by atomic mass is 10.1. The summed E-state index contributed by atoms with van der Waals surface area (Å²) in [6.45, 7) is 3.84. The predicted molar refractivity (Wildman–Crippen MR) is 69.4 cm³/mol. The van der Waals surface area contributed by atoms with E-state index in [-0.39, 0.29) is 5.43 Å². The molecule has 0 saturated carbocycles. The maximum atomic E-state index is 12.0. The Labute approximate surface area is 104 Å². The van der Waals surface area contributed by atoms with Crippen molar-refractivity contribution in [2.75, 3.05) is 0 Å². The van der Waals surface area contributed by atoms with Gasteiger partial charge in [0.25, 0.3) is 0 Å². The third kappa shape index (κ3) is 1.76. The Hall–Kier alpha value is -0.610. The first-order valence-corrected chi connectivity index (χ1v) is 6.07. The Morgan fingerprint density at radius 2 is 1.87 bits per heavy atom. The molecule has 0 aliphatic rings. The van der Waals surface area contributed by atoms with E-state index in [0.717, 1.165) is 21.2 Å². The second-order valence-corrected chi connectivity index (χ2v) is 5.21. The summed E-state index contributed by atoms with van der Waals surface area (Å²) in [5.74, 6) is 0. The fourth-order valence-electron chi connectivity index (χ4n) is 1.58. The van der Waals surface area contributed by atoms with Crippen LogP contribution in [0.15, 0.2) is 25.9 Å². The minimum absolute atomic E-state index is 0.0330. The van der Waals surface area contributed by atoms with Crippen LogP contribution in [0.2, 0.25) is 0 Å². The lowest BCUT2D eigenvalue weighted by Crippen LogP contribution is -2.07. The van der Waals surface area contributed by atoms with E-state index in [2.05, 4.69) is 36.8 Å². The monoisotopic (exact) mass is 329 g/mol. The second kappa shape index (κ2) is 3.76. The van der Waals surface area contributed by atoms with Gasteiger partial charge in [-0.05, 0) is 63.4 Å². The lowest BCUT2D eigenvalue weighted by molar-refractivity contribution is 1.21. The predicted octanol–water partition coefficient (Wildman–Crippen LogP) is 3.67. The van der Waals surface area contributed by atoms with Crippen LogP contribution in [0, 0.1) is 13.8 Å². The van der Waals surface area contributed by atoms with Gasteiger partial charge in [0.15, 0.2) is 0 Å². The van der Waals surface area contributed by atoms with Crippen LogP contribution in [0.4, 0.5) is 0 Å². The van der Waals surface area contributed by atoms with Gasteiger partial charge in [-0.1, -0.05) is 0 Å². The van der Waals surface area contributed by atoms with Gasteiger partial charge in [0.05, 0.1) is 9.99 Å². The van der Waals surface area contributed by atoms with E-state index >= 15 is 0 Å². The maximum Gasteiger partial charge on any atom is 0.203 e. The van der Waals surface area contributed by atoms with Crippen molar-refractivity contribution in [3.05, 3.63) is 42.6 Å². The Morgan fingerprint density at radius 1 is 1.20 bits per heavy atom.